The lowest BCUT2D eigenvalue weighted by Gasteiger charge is -2.11. The molecule has 0 spiro atoms. The van der Waals surface area contributed by atoms with E-state index in [0.717, 1.165) is 3.57 Å². The highest BCUT2D eigenvalue weighted by molar-refractivity contribution is 14.1. The van der Waals surface area contributed by atoms with Crippen LogP contribution in [0.1, 0.15) is 15.9 Å². The summed E-state index contributed by atoms with van der Waals surface area (Å²) in [5, 5.41) is 10.0. The van der Waals surface area contributed by atoms with Gasteiger partial charge in [-0.15, -0.1) is 0 Å². The highest BCUT2D eigenvalue weighted by atomic mass is 127. The Balaban J connectivity index is 2.23. The highest BCUT2D eigenvalue weighted by Gasteiger charge is 2.10. The number of carbonyl (C=O) groups is 1. The summed E-state index contributed by atoms with van der Waals surface area (Å²) in [6.45, 7) is 0.178. The fraction of sp³-hybridized carbons (Fsp3) is 0.0714. The second-order valence-corrected chi connectivity index (χ2v) is 5.92. The Labute approximate surface area is 139 Å². The molecule has 0 aliphatic heterocycles. The van der Waals surface area contributed by atoms with Crippen LogP contribution in [0.15, 0.2) is 36.4 Å². The molecule has 2 aromatic rings. The van der Waals surface area contributed by atoms with Crippen molar-refractivity contribution in [3.05, 3.63) is 61.1 Å². The summed E-state index contributed by atoms with van der Waals surface area (Å²) < 4.78 is 6.45. The number of hydrogen-bond acceptors (Lipinski definition) is 2. The van der Waals surface area contributed by atoms with E-state index in [1.165, 1.54) is 12.1 Å². The van der Waals surface area contributed by atoms with Gasteiger partial charge in [0, 0.05) is 15.6 Å². The van der Waals surface area contributed by atoms with Crippen LogP contribution >= 0.6 is 45.8 Å². The minimum Gasteiger partial charge on any atom is -0.488 e. The first-order valence-corrected chi connectivity index (χ1v) is 7.41. The number of benzene rings is 2. The molecule has 0 unspecified atom stereocenters. The molecule has 2 rings (SSSR count). The Morgan fingerprint density at radius 2 is 1.85 bits per heavy atom. The third-order valence-electron chi connectivity index (χ3n) is 2.61. The minimum atomic E-state index is -0.998. The average Bonchev–Trinajstić information content (AvgIpc) is 2.39. The van der Waals surface area contributed by atoms with Crippen molar-refractivity contribution in [1.29, 1.82) is 0 Å². The van der Waals surface area contributed by atoms with Crippen molar-refractivity contribution in [3.8, 4) is 5.75 Å². The lowest BCUT2D eigenvalue weighted by molar-refractivity contribution is 0.0696. The number of hydrogen-bond donors (Lipinski definition) is 1. The van der Waals surface area contributed by atoms with E-state index in [1.807, 2.05) is 0 Å². The third-order valence-corrected chi connectivity index (χ3v) is 4.21. The standard InChI is InChI=1S/C14H9Cl2IO3/c15-10-2-1-3-11(16)9(10)7-20-13-6-8(14(18)19)4-5-12(13)17/h1-6H,7H2,(H,18,19). The number of halogens is 3. The predicted octanol–water partition coefficient (Wildman–Crippen LogP) is 4.88. The van der Waals surface area contributed by atoms with Crippen LogP contribution in [0.3, 0.4) is 0 Å². The Bertz CT molecular complexity index is 639. The molecule has 0 bridgehead atoms. The largest absolute Gasteiger partial charge is 0.488 e. The van der Waals surface area contributed by atoms with Gasteiger partial charge in [0.1, 0.15) is 12.4 Å². The number of ether oxygens (including phenoxy) is 1. The fourth-order valence-electron chi connectivity index (χ4n) is 1.57. The molecule has 3 nitrogen and oxygen atoms in total. The lowest BCUT2D eigenvalue weighted by Crippen LogP contribution is -2.02. The van der Waals surface area contributed by atoms with Gasteiger partial charge in [0.05, 0.1) is 9.13 Å². The Morgan fingerprint density at radius 1 is 1.20 bits per heavy atom. The first-order valence-electron chi connectivity index (χ1n) is 5.57. The molecule has 0 aromatic heterocycles. The maximum atomic E-state index is 10.9. The summed E-state index contributed by atoms with van der Waals surface area (Å²) in [5.41, 5.74) is 0.845. The maximum Gasteiger partial charge on any atom is 0.335 e. The van der Waals surface area contributed by atoms with Crippen LogP contribution in [-0.4, -0.2) is 11.1 Å². The van der Waals surface area contributed by atoms with Gasteiger partial charge in [-0.25, -0.2) is 4.79 Å². The third kappa shape index (κ3) is 3.56. The van der Waals surface area contributed by atoms with Gasteiger partial charge in [0.25, 0.3) is 0 Å². The predicted molar refractivity (Wildman–Crippen MR) is 86.9 cm³/mol. The molecule has 0 amide bonds. The van der Waals surface area contributed by atoms with Crippen LogP contribution in [0.2, 0.25) is 10.0 Å². The summed E-state index contributed by atoms with van der Waals surface area (Å²) >= 11 is 14.2. The van der Waals surface area contributed by atoms with Crippen LogP contribution < -0.4 is 4.74 Å². The number of rotatable bonds is 4. The number of carboxylic acid groups (broad SMARTS) is 1. The fourth-order valence-corrected chi connectivity index (χ4v) is 2.56. The SMILES string of the molecule is O=C(O)c1ccc(I)c(OCc2c(Cl)cccc2Cl)c1. The lowest BCUT2D eigenvalue weighted by atomic mass is 10.2. The van der Waals surface area contributed by atoms with Crippen LogP contribution in [0, 0.1) is 3.57 Å². The molecule has 0 aliphatic carbocycles. The molecule has 0 fully saturated rings. The first kappa shape index (κ1) is 15.4. The normalized spacial score (nSPS) is 10.3. The highest BCUT2D eigenvalue weighted by Crippen LogP contribution is 2.28. The molecule has 0 saturated carbocycles. The van der Waals surface area contributed by atoms with Gasteiger partial charge in [0.15, 0.2) is 0 Å². The van der Waals surface area contributed by atoms with E-state index in [0.29, 0.717) is 21.4 Å². The van der Waals surface area contributed by atoms with Gasteiger partial charge in [-0.1, -0.05) is 29.3 Å². The molecule has 2 aromatic carbocycles. The molecule has 0 atom stereocenters. The molecular formula is C14H9Cl2IO3. The zero-order chi connectivity index (χ0) is 14.7. The summed E-state index contributed by atoms with van der Waals surface area (Å²) in [5.74, 6) is -0.511. The molecule has 0 saturated heterocycles. The van der Waals surface area contributed by atoms with Crippen LogP contribution in [0.5, 0.6) is 5.75 Å². The summed E-state index contributed by atoms with van der Waals surface area (Å²) in [7, 11) is 0. The van der Waals surface area contributed by atoms with Crippen LogP contribution in [0.25, 0.3) is 0 Å². The first-order chi connectivity index (χ1) is 9.49. The van der Waals surface area contributed by atoms with E-state index in [4.69, 9.17) is 33.0 Å². The topological polar surface area (TPSA) is 46.5 Å². The molecular weight excluding hydrogens is 414 g/mol. The van der Waals surface area contributed by atoms with Gasteiger partial charge in [-0.2, -0.15) is 0 Å². The Hall–Kier alpha value is -0.980. The molecule has 1 N–H and O–H groups in total. The molecule has 0 radical (unpaired) electrons. The van der Waals surface area contributed by atoms with Gasteiger partial charge in [-0.3, -0.25) is 0 Å². The van der Waals surface area contributed by atoms with E-state index in [-0.39, 0.29) is 12.2 Å². The van der Waals surface area contributed by atoms with E-state index in [1.54, 1.807) is 24.3 Å². The van der Waals surface area contributed by atoms with Crippen molar-refractivity contribution in [2.24, 2.45) is 0 Å². The maximum absolute atomic E-state index is 10.9. The molecule has 20 heavy (non-hydrogen) atoms. The minimum absolute atomic E-state index is 0.172. The molecule has 6 heteroatoms. The van der Waals surface area contributed by atoms with Crippen molar-refractivity contribution >= 4 is 51.8 Å². The average molecular weight is 423 g/mol. The van der Waals surface area contributed by atoms with Crippen molar-refractivity contribution in [2.75, 3.05) is 0 Å². The second kappa shape index (κ2) is 6.65. The van der Waals surface area contributed by atoms with E-state index in [2.05, 4.69) is 22.6 Å². The van der Waals surface area contributed by atoms with Gasteiger partial charge in [-0.05, 0) is 52.9 Å². The zero-order valence-corrected chi connectivity index (χ0v) is 13.7. The monoisotopic (exact) mass is 422 g/mol. The van der Waals surface area contributed by atoms with Crippen molar-refractivity contribution in [2.45, 2.75) is 6.61 Å². The van der Waals surface area contributed by atoms with Gasteiger partial charge >= 0.3 is 5.97 Å². The van der Waals surface area contributed by atoms with Crippen molar-refractivity contribution in [1.82, 2.24) is 0 Å². The summed E-state index contributed by atoms with van der Waals surface area (Å²) in [6.07, 6.45) is 0. The molecule has 0 aliphatic rings. The Kier molecular flexibility index (Phi) is 5.12. The van der Waals surface area contributed by atoms with E-state index >= 15 is 0 Å². The van der Waals surface area contributed by atoms with Crippen molar-refractivity contribution < 1.29 is 14.6 Å². The smallest absolute Gasteiger partial charge is 0.335 e. The van der Waals surface area contributed by atoms with Crippen molar-refractivity contribution in [3.63, 3.8) is 0 Å². The van der Waals surface area contributed by atoms with Crippen LogP contribution in [0.4, 0.5) is 0 Å². The van der Waals surface area contributed by atoms with Gasteiger partial charge < -0.3 is 9.84 Å². The number of carboxylic acids is 1. The van der Waals surface area contributed by atoms with E-state index in [9.17, 15) is 4.79 Å². The quantitative estimate of drug-likeness (QED) is 0.714. The summed E-state index contributed by atoms with van der Waals surface area (Å²) in [6, 6.07) is 9.90. The summed E-state index contributed by atoms with van der Waals surface area (Å²) in [4.78, 5) is 10.9. The molecule has 104 valence electrons. The van der Waals surface area contributed by atoms with E-state index < -0.39 is 5.97 Å². The van der Waals surface area contributed by atoms with Crippen LogP contribution in [-0.2, 0) is 6.61 Å². The second-order valence-electron chi connectivity index (χ2n) is 3.94. The molecule has 0 heterocycles. The Morgan fingerprint density at radius 3 is 2.45 bits per heavy atom. The van der Waals surface area contributed by atoms with Gasteiger partial charge in [0.2, 0.25) is 0 Å². The zero-order valence-electron chi connectivity index (χ0n) is 10.1. The number of aromatic carboxylic acids is 1.